The quantitative estimate of drug-likeness (QED) is 0.102. The standard InChI is InChI=1S/C14H23N5O10P2S.3Na/c1-2-3-4-32-14-18-8-11(15)16-6-17-12(8)19(14)13-10(21)9(20)7(28-13)5-27-31(25,26)29-30(22,23)24;;;/h6-7,9-10,13,20-21H,2-5H2,1H3,(H,25,26)(H2,15,16,17)(H2,22,23,24);;;/q;3*+1/p-3/t7-,9-,10-,13-;;;/m1.../s1. The van der Waals surface area contributed by atoms with Gasteiger partial charge in [0.05, 0.1) is 14.4 Å². The Hall–Kier alpha value is 1.84. The third-order valence-corrected chi connectivity index (χ3v) is 7.49. The Labute approximate surface area is 271 Å². The molecule has 2 aromatic rings. The Morgan fingerprint density at radius 2 is 1.86 bits per heavy atom. The van der Waals surface area contributed by atoms with Crippen LogP contribution in [0.1, 0.15) is 26.0 Å². The number of phosphoric ester groups is 1. The maximum Gasteiger partial charge on any atom is 1.00 e. The van der Waals surface area contributed by atoms with Gasteiger partial charge in [0.1, 0.15) is 24.6 Å². The molecule has 3 heterocycles. The second-order valence-electron chi connectivity index (χ2n) is 6.72. The number of aliphatic hydroxyl groups is 2. The van der Waals surface area contributed by atoms with Crippen molar-refractivity contribution in [1.82, 2.24) is 19.5 Å². The van der Waals surface area contributed by atoms with Crippen LogP contribution in [0.4, 0.5) is 5.82 Å². The maximum atomic E-state index is 11.5. The number of hydrogen-bond donors (Lipinski definition) is 3. The number of phosphoric acid groups is 2. The fourth-order valence-electron chi connectivity index (χ4n) is 2.94. The van der Waals surface area contributed by atoms with Crippen LogP contribution in [0, 0.1) is 0 Å². The van der Waals surface area contributed by atoms with E-state index in [1.165, 1.54) is 22.7 Å². The summed E-state index contributed by atoms with van der Waals surface area (Å²) < 4.78 is 36.7. The molecular weight excluding hydrogens is 561 g/mol. The molecule has 0 aliphatic carbocycles. The van der Waals surface area contributed by atoms with Gasteiger partial charge in [-0.15, -0.1) is 0 Å². The Balaban J connectivity index is 0.00000385. The SMILES string of the molecule is CCCCSc1nc2c(N)ncnc2n1[C@@H]1O[C@H](COP(=O)([O-])OP(=O)([O-])[O-])[C@@H](O)[C@H]1O.[Na+].[Na+].[Na+]. The fourth-order valence-corrected chi connectivity index (χ4v) is 5.53. The molecule has 1 unspecified atom stereocenters. The van der Waals surface area contributed by atoms with Crippen molar-refractivity contribution in [3.05, 3.63) is 6.33 Å². The number of nitrogens with two attached hydrogens (primary N) is 1. The van der Waals surface area contributed by atoms with E-state index >= 15 is 0 Å². The first-order valence-electron chi connectivity index (χ1n) is 9.25. The van der Waals surface area contributed by atoms with Gasteiger partial charge in [-0.05, 0) is 6.42 Å². The number of rotatable bonds is 10. The van der Waals surface area contributed by atoms with Gasteiger partial charge in [0, 0.05) is 5.75 Å². The number of ether oxygens (including phenoxy) is 1. The van der Waals surface area contributed by atoms with Crippen molar-refractivity contribution in [2.24, 2.45) is 0 Å². The van der Waals surface area contributed by atoms with E-state index in [4.69, 9.17) is 10.5 Å². The molecule has 2 aromatic heterocycles. The number of unbranched alkanes of at least 4 members (excludes halogenated alkanes) is 1. The molecule has 180 valence electrons. The summed E-state index contributed by atoms with van der Waals surface area (Å²) in [4.78, 5) is 44.9. The van der Waals surface area contributed by atoms with Gasteiger partial charge in [0.2, 0.25) is 0 Å². The summed E-state index contributed by atoms with van der Waals surface area (Å²) in [6.45, 7) is 1.08. The minimum Gasteiger partial charge on any atom is -0.790 e. The van der Waals surface area contributed by atoms with Crippen molar-refractivity contribution in [2.45, 2.75) is 49.5 Å². The van der Waals surface area contributed by atoms with Gasteiger partial charge in [-0.3, -0.25) is 13.4 Å². The monoisotopic (exact) mass is 581 g/mol. The molecule has 0 saturated carbocycles. The number of aliphatic hydroxyl groups excluding tert-OH is 2. The van der Waals surface area contributed by atoms with E-state index in [9.17, 15) is 34.0 Å². The molecule has 1 aliphatic rings. The van der Waals surface area contributed by atoms with Gasteiger partial charge in [0.25, 0.3) is 7.82 Å². The average Bonchev–Trinajstić information content (AvgIpc) is 3.17. The molecule has 0 bridgehead atoms. The second kappa shape index (κ2) is 15.6. The predicted octanol–water partition coefficient (Wildman–Crippen LogP) is -10.7. The van der Waals surface area contributed by atoms with Crippen LogP contribution < -0.4 is 109 Å². The average molecular weight is 581 g/mol. The number of thioether (sulfide) groups is 1. The van der Waals surface area contributed by atoms with Crippen molar-refractivity contribution in [3.63, 3.8) is 0 Å². The van der Waals surface area contributed by atoms with Gasteiger partial charge in [-0.1, -0.05) is 25.1 Å². The molecule has 15 nitrogen and oxygen atoms in total. The van der Waals surface area contributed by atoms with Crippen molar-refractivity contribution >= 4 is 44.4 Å². The van der Waals surface area contributed by atoms with Crippen molar-refractivity contribution < 1.29 is 136 Å². The summed E-state index contributed by atoms with van der Waals surface area (Å²) in [5.41, 5.74) is 6.32. The predicted molar refractivity (Wildman–Crippen MR) is 104 cm³/mol. The largest absolute Gasteiger partial charge is 1.00 e. The van der Waals surface area contributed by atoms with Gasteiger partial charge in [0.15, 0.2) is 28.4 Å². The number of nitrogens with zero attached hydrogens (tertiary/aromatic N) is 4. The van der Waals surface area contributed by atoms with Crippen molar-refractivity contribution in [1.29, 1.82) is 0 Å². The van der Waals surface area contributed by atoms with Crippen LogP contribution in [-0.4, -0.2) is 60.4 Å². The van der Waals surface area contributed by atoms with E-state index in [1.807, 2.05) is 6.92 Å². The molecule has 21 heteroatoms. The summed E-state index contributed by atoms with van der Waals surface area (Å²) in [6.07, 6.45) is -2.93. The van der Waals surface area contributed by atoms with Gasteiger partial charge < -0.3 is 44.5 Å². The summed E-state index contributed by atoms with van der Waals surface area (Å²) >= 11 is 1.33. The molecule has 4 N–H and O–H groups in total. The van der Waals surface area contributed by atoms with Gasteiger partial charge >= 0.3 is 88.7 Å². The van der Waals surface area contributed by atoms with E-state index in [1.54, 1.807) is 0 Å². The smallest absolute Gasteiger partial charge is 0.790 e. The van der Waals surface area contributed by atoms with Crippen LogP contribution >= 0.6 is 27.4 Å². The molecule has 0 aromatic carbocycles. The molecule has 35 heavy (non-hydrogen) atoms. The first kappa shape index (κ1) is 36.8. The zero-order chi connectivity index (χ0) is 23.7. The third kappa shape index (κ3) is 9.76. The number of fused-ring (bicyclic) bond motifs is 1. The van der Waals surface area contributed by atoms with Crippen LogP contribution in [0.2, 0.25) is 0 Å². The first-order valence-corrected chi connectivity index (χ1v) is 13.2. The maximum absolute atomic E-state index is 11.5. The number of nitrogen functional groups attached to an aromatic ring is 1. The van der Waals surface area contributed by atoms with E-state index in [-0.39, 0.29) is 106 Å². The summed E-state index contributed by atoms with van der Waals surface area (Å²) in [7, 11) is -11.4. The Bertz CT molecular complexity index is 1070. The number of anilines is 1. The normalized spacial score (nSPS) is 23.7. The molecule has 0 amide bonds. The van der Waals surface area contributed by atoms with Crippen LogP contribution in [0.5, 0.6) is 0 Å². The third-order valence-electron chi connectivity index (χ3n) is 4.39. The molecule has 3 rings (SSSR count). The van der Waals surface area contributed by atoms with E-state index in [2.05, 4.69) is 23.8 Å². The summed E-state index contributed by atoms with van der Waals surface area (Å²) in [5.74, 6) is 0.759. The van der Waals surface area contributed by atoms with Crippen LogP contribution in [0.25, 0.3) is 11.2 Å². The zero-order valence-electron chi connectivity index (χ0n) is 19.5. The Kier molecular flexibility index (Phi) is 16.4. The van der Waals surface area contributed by atoms with Crippen LogP contribution in [0.3, 0.4) is 0 Å². The van der Waals surface area contributed by atoms with Gasteiger partial charge in [-0.2, -0.15) is 0 Å². The Morgan fingerprint density at radius 1 is 1.20 bits per heavy atom. The molecular formula is C14H20N5Na3O10P2S. The van der Waals surface area contributed by atoms with Crippen molar-refractivity contribution in [2.75, 3.05) is 18.1 Å². The number of aromatic nitrogens is 4. The fraction of sp³-hybridized carbons (Fsp3) is 0.643. The zero-order valence-corrected chi connectivity index (χ0v) is 28.1. The topological polar surface area (TPSA) is 241 Å². The second-order valence-corrected chi connectivity index (χ2v) is 10.5. The van der Waals surface area contributed by atoms with E-state index in [0.717, 1.165) is 12.8 Å². The van der Waals surface area contributed by atoms with Crippen LogP contribution in [-0.2, 0) is 22.7 Å². The first-order chi connectivity index (χ1) is 14.9. The molecule has 5 atom stereocenters. The number of imidazole rings is 1. The Morgan fingerprint density at radius 3 is 2.46 bits per heavy atom. The summed E-state index contributed by atoms with van der Waals surface area (Å²) in [6, 6.07) is 0. The van der Waals surface area contributed by atoms with Crippen molar-refractivity contribution in [3.8, 4) is 0 Å². The minimum atomic E-state index is -5.87. The molecule has 0 radical (unpaired) electrons. The molecule has 0 spiro atoms. The number of hydrogen-bond acceptors (Lipinski definition) is 15. The van der Waals surface area contributed by atoms with Gasteiger partial charge in [-0.25, -0.2) is 15.0 Å². The molecule has 1 aliphatic heterocycles. The van der Waals surface area contributed by atoms with Crippen LogP contribution in [0.15, 0.2) is 11.5 Å². The molecule has 1 fully saturated rings. The summed E-state index contributed by atoms with van der Waals surface area (Å²) in [5, 5.41) is 21.2. The van der Waals surface area contributed by atoms with E-state index < -0.39 is 46.8 Å². The molecule has 1 saturated heterocycles. The van der Waals surface area contributed by atoms with E-state index in [0.29, 0.717) is 10.9 Å². The minimum absolute atomic E-state index is 0.